The van der Waals surface area contributed by atoms with Gasteiger partial charge in [-0.1, -0.05) is 48.5 Å². The monoisotopic (exact) mass is 362 g/mol. The van der Waals surface area contributed by atoms with Crippen molar-refractivity contribution in [3.63, 3.8) is 0 Å². The maximum Gasteiger partial charge on any atom is 0.275 e. The van der Waals surface area contributed by atoms with E-state index in [1.54, 1.807) is 18.2 Å². The zero-order chi connectivity index (χ0) is 18.6. The Morgan fingerprint density at radius 1 is 0.926 bits per heavy atom. The summed E-state index contributed by atoms with van der Waals surface area (Å²) in [5.41, 5.74) is 1.38. The standard InChI is InChI=1S/C21H22N4O2/c26-20-18-9-5-4-8-17(18)19(22-23-20)21(27)25-14-12-24(13-15-25)11-10-16-6-2-1-3-7-16/h1-9H,10-15H2,(H,23,26). The second-order valence-corrected chi connectivity index (χ2v) is 6.82. The van der Waals surface area contributed by atoms with E-state index < -0.39 is 0 Å². The molecule has 0 spiro atoms. The maximum absolute atomic E-state index is 12.9. The Balaban J connectivity index is 1.41. The molecule has 0 saturated carbocycles. The highest BCUT2D eigenvalue weighted by Crippen LogP contribution is 2.15. The molecule has 6 heteroatoms. The molecule has 0 aliphatic carbocycles. The molecule has 1 N–H and O–H groups in total. The number of H-pyrrole nitrogens is 1. The van der Waals surface area contributed by atoms with Crippen LogP contribution in [-0.2, 0) is 6.42 Å². The number of amides is 1. The van der Waals surface area contributed by atoms with Gasteiger partial charge in [0.1, 0.15) is 0 Å². The topological polar surface area (TPSA) is 69.3 Å². The zero-order valence-electron chi connectivity index (χ0n) is 15.1. The molecule has 1 amide bonds. The molecule has 27 heavy (non-hydrogen) atoms. The molecule has 6 nitrogen and oxygen atoms in total. The van der Waals surface area contributed by atoms with Gasteiger partial charge in [-0.05, 0) is 18.1 Å². The molecule has 0 radical (unpaired) electrons. The maximum atomic E-state index is 12.9. The van der Waals surface area contributed by atoms with Crippen molar-refractivity contribution in [2.24, 2.45) is 0 Å². The first-order chi connectivity index (χ1) is 13.2. The fraction of sp³-hybridized carbons (Fsp3) is 0.286. The molecular weight excluding hydrogens is 340 g/mol. The number of hydrogen-bond acceptors (Lipinski definition) is 4. The molecule has 0 bridgehead atoms. The van der Waals surface area contributed by atoms with E-state index in [2.05, 4.69) is 39.4 Å². The molecular formula is C21H22N4O2. The van der Waals surface area contributed by atoms with Crippen LogP contribution in [0.3, 0.4) is 0 Å². The van der Waals surface area contributed by atoms with Crippen molar-refractivity contribution in [2.45, 2.75) is 6.42 Å². The number of hydrogen-bond donors (Lipinski definition) is 1. The number of benzene rings is 2. The molecule has 3 aromatic rings. The summed E-state index contributed by atoms with van der Waals surface area (Å²) < 4.78 is 0. The Morgan fingerprint density at radius 2 is 1.59 bits per heavy atom. The Labute approximate surface area is 157 Å². The minimum absolute atomic E-state index is 0.120. The minimum atomic E-state index is -0.270. The van der Waals surface area contributed by atoms with Gasteiger partial charge in [0.25, 0.3) is 11.5 Å². The normalized spacial score (nSPS) is 15.2. The van der Waals surface area contributed by atoms with Crippen LogP contribution in [0.1, 0.15) is 16.1 Å². The second kappa shape index (κ2) is 7.72. The minimum Gasteiger partial charge on any atom is -0.335 e. The first-order valence-electron chi connectivity index (χ1n) is 9.25. The van der Waals surface area contributed by atoms with Crippen molar-refractivity contribution in [1.29, 1.82) is 0 Å². The lowest BCUT2D eigenvalue weighted by atomic mass is 10.1. The Kier molecular flexibility index (Phi) is 4.98. The summed E-state index contributed by atoms with van der Waals surface area (Å²) in [6.07, 6.45) is 1.01. The van der Waals surface area contributed by atoms with Gasteiger partial charge in [0, 0.05) is 38.1 Å². The number of rotatable bonds is 4. The van der Waals surface area contributed by atoms with Crippen LogP contribution in [0, 0.1) is 0 Å². The second-order valence-electron chi connectivity index (χ2n) is 6.82. The lowest BCUT2D eigenvalue weighted by Crippen LogP contribution is -2.49. The summed E-state index contributed by atoms with van der Waals surface area (Å²) in [6.45, 7) is 4.02. The van der Waals surface area contributed by atoms with Crippen LogP contribution in [0.5, 0.6) is 0 Å². The van der Waals surface area contributed by atoms with Crippen LogP contribution in [0.25, 0.3) is 10.8 Å². The quantitative estimate of drug-likeness (QED) is 0.770. The van der Waals surface area contributed by atoms with Crippen molar-refractivity contribution in [3.8, 4) is 0 Å². The van der Waals surface area contributed by atoms with E-state index >= 15 is 0 Å². The first-order valence-corrected chi connectivity index (χ1v) is 9.25. The zero-order valence-corrected chi connectivity index (χ0v) is 15.1. The average Bonchev–Trinajstić information content (AvgIpc) is 2.73. The van der Waals surface area contributed by atoms with Gasteiger partial charge in [0.2, 0.25) is 0 Å². The highest BCUT2D eigenvalue weighted by Gasteiger charge is 2.24. The van der Waals surface area contributed by atoms with E-state index in [1.807, 2.05) is 17.0 Å². The predicted molar refractivity (Wildman–Crippen MR) is 105 cm³/mol. The molecule has 138 valence electrons. The molecule has 2 heterocycles. The molecule has 1 fully saturated rings. The van der Waals surface area contributed by atoms with E-state index in [-0.39, 0.29) is 11.5 Å². The highest BCUT2D eigenvalue weighted by atomic mass is 16.2. The molecule has 0 atom stereocenters. The number of nitrogens with one attached hydrogen (secondary N) is 1. The number of carbonyl (C=O) groups excluding carboxylic acids is 1. The lowest BCUT2D eigenvalue weighted by Gasteiger charge is -2.34. The van der Waals surface area contributed by atoms with Gasteiger partial charge in [-0.25, -0.2) is 5.10 Å². The van der Waals surface area contributed by atoms with Gasteiger partial charge in [-0.3, -0.25) is 14.5 Å². The summed E-state index contributed by atoms with van der Waals surface area (Å²) in [7, 11) is 0. The highest BCUT2D eigenvalue weighted by molar-refractivity contribution is 6.04. The SMILES string of the molecule is O=C(c1n[nH]c(=O)c2ccccc12)N1CCN(CCc2ccccc2)CC1. The number of piperazine rings is 1. The van der Waals surface area contributed by atoms with E-state index in [1.165, 1.54) is 5.56 Å². The summed E-state index contributed by atoms with van der Waals surface area (Å²) >= 11 is 0. The molecule has 1 aromatic heterocycles. The molecule has 1 aliphatic heterocycles. The molecule has 1 saturated heterocycles. The summed E-state index contributed by atoms with van der Waals surface area (Å²) in [6, 6.07) is 17.6. The van der Waals surface area contributed by atoms with Crippen molar-refractivity contribution in [2.75, 3.05) is 32.7 Å². The van der Waals surface area contributed by atoms with E-state index in [0.717, 1.165) is 26.1 Å². The van der Waals surface area contributed by atoms with Crippen LogP contribution >= 0.6 is 0 Å². The fourth-order valence-electron chi connectivity index (χ4n) is 3.53. The summed E-state index contributed by atoms with van der Waals surface area (Å²) in [5, 5.41) is 7.59. The number of aromatic nitrogens is 2. The Morgan fingerprint density at radius 3 is 2.33 bits per heavy atom. The average molecular weight is 362 g/mol. The van der Waals surface area contributed by atoms with Crippen LogP contribution in [0.15, 0.2) is 59.4 Å². The smallest absolute Gasteiger partial charge is 0.275 e. The van der Waals surface area contributed by atoms with Crippen LogP contribution in [0.2, 0.25) is 0 Å². The lowest BCUT2D eigenvalue weighted by molar-refractivity contribution is 0.0633. The van der Waals surface area contributed by atoms with Gasteiger partial charge in [0.15, 0.2) is 5.69 Å². The van der Waals surface area contributed by atoms with Crippen molar-refractivity contribution in [1.82, 2.24) is 20.0 Å². The number of carbonyl (C=O) groups is 1. The predicted octanol–water partition coefficient (Wildman–Crippen LogP) is 1.92. The van der Waals surface area contributed by atoms with Gasteiger partial charge < -0.3 is 4.90 Å². The van der Waals surface area contributed by atoms with E-state index in [0.29, 0.717) is 29.6 Å². The van der Waals surface area contributed by atoms with Crippen molar-refractivity contribution < 1.29 is 4.79 Å². The molecule has 1 aliphatic rings. The van der Waals surface area contributed by atoms with Crippen LogP contribution in [0.4, 0.5) is 0 Å². The molecule has 4 rings (SSSR count). The van der Waals surface area contributed by atoms with E-state index in [4.69, 9.17) is 0 Å². The van der Waals surface area contributed by atoms with Gasteiger partial charge in [0.05, 0.1) is 5.39 Å². The third-order valence-electron chi connectivity index (χ3n) is 5.12. The van der Waals surface area contributed by atoms with Gasteiger partial charge in [-0.15, -0.1) is 0 Å². The first kappa shape index (κ1) is 17.4. The number of nitrogens with zero attached hydrogens (tertiary/aromatic N) is 3. The third kappa shape index (κ3) is 3.75. The summed E-state index contributed by atoms with van der Waals surface area (Å²) in [5.74, 6) is -0.120. The molecule has 0 unspecified atom stereocenters. The number of fused-ring (bicyclic) bond motifs is 1. The fourth-order valence-corrected chi connectivity index (χ4v) is 3.53. The Bertz CT molecular complexity index is 992. The summed E-state index contributed by atoms with van der Waals surface area (Å²) in [4.78, 5) is 29.1. The number of aromatic amines is 1. The van der Waals surface area contributed by atoms with Crippen LogP contribution in [-0.4, -0.2) is 58.6 Å². The molecule has 2 aromatic carbocycles. The van der Waals surface area contributed by atoms with E-state index in [9.17, 15) is 9.59 Å². The third-order valence-corrected chi connectivity index (χ3v) is 5.12. The van der Waals surface area contributed by atoms with Crippen LogP contribution < -0.4 is 5.56 Å². The van der Waals surface area contributed by atoms with Gasteiger partial charge >= 0.3 is 0 Å². The Hall–Kier alpha value is -2.99. The van der Waals surface area contributed by atoms with Crippen molar-refractivity contribution >= 4 is 16.7 Å². The largest absolute Gasteiger partial charge is 0.335 e. The van der Waals surface area contributed by atoms with Crippen molar-refractivity contribution in [3.05, 3.63) is 76.2 Å². The van der Waals surface area contributed by atoms with Gasteiger partial charge in [-0.2, -0.15) is 5.10 Å².